The average molecular weight is 434 g/mol. The van der Waals surface area contributed by atoms with Crippen LogP contribution in [0.15, 0.2) is 36.4 Å². The van der Waals surface area contributed by atoms with E-state index >= 15 is 0 Å². The van der Waals surface area contributed by atoms with E-state index < -0.39 is 27.4 Å². The Morgan fingerprint density at radius 3 is 2.27 bits per heavy atom. The van der Waals surface area contributed by atoms with Crippen LogP contribution in [-0.4, -0.2) is 32.0 Å². The van der Waals surface area contributed by atoms with Crippen molar-refractivity contribution in [3.8, 4) is 0 Å². The number of nitrogens with zero attached hydrogens (tertiary/aromatic N) is 2. The molecule has 1 N–H and O–H groups in total. The van der Waals surface area contributed by atoms with E-state index in [2.05, 4.69) is 5.32 Å². The second kappa shape index (κ2) is 9.25. The Labute approximate surface area is 177 Å². The molecule has 30 heavy (non-hydrogen) atoms. The summed E-state index contributed by atoms with van der Waals surface area (Å²) < 4.78 is 25.7. The van der Waals surface area contributed by atoms with Crippen LogP contribution in [0.25, 0.3) is 0 Å². The molecule has 2 aromatic rings. The molecule has 0 bridgehead atoms. The molecule has 0 aliphatic carbocycles. The minimum absolute atomic E-state index is 0.112. The number of anilines is 1. The number of carbonyl (C=O) groups excluding carboxylic acids is 1. The number of nitrogens with one attached hydrogen (secondary N) is 1. The van der Waals surface area contributed by atoms with Gasteiger partial charge in [-0.1, -0.05) is 31.2 Å². The normalized spacial score (nSPS) is 12.3. The summed E-state index contributed by atoms with van der Waals surface area (Å²) in [7, 11) is -3.85. The quantitative estimate of drug-likeness (QED) is 0.506. The Hall–Kier alpha value is -2.94. The first kappa shape index (κ1) is 23.3. The van der Waals surface area contributed by atoms with E-state index in [4.69, 9.17) is 0 Å². The Balaban J connectivity index is 2.31. The average Bonchev–Trinajstić information content (AvgIpc) is 2.66. The number of carbonyl (C=O) groups is 1. The van der Waals surface area contributed by atoms with Gasteiger partial charge in [-0.25, -0.2) is 8.42 Å². The van der Waals surface area contributed by atoms with Gasteiger partial charge in [-0.05, 0) is 49.4 Å². The number of aryl methyl sites for hydroxylation is 3. The van der Waals surface area contributed by atoms with Crippen LogP contribution in [0.1, 0.15) is 41.6 Å². The zero-order valence-electron chi connectivity index (χ0n) is 17.8. The summed E-state index contributed by atoms with van der Waals surface area (Å²) in [5, 5.41) is 14.0. The molecule has 0 fully saturated rings. The van der Waals surface area contributed by atoms with Crippen LogP contribution >= 0.6 is 0 Å². The number of nitro benzene ring substituents is 1. The van der Waals surface area contributed by atoms with Crippen molar-refractivity contribution in [3.63, 3.8) is 0 Å². The number of hydrogen-bond donors (Lipinski definition) is 1. The summed E-state index contributed by atoms with van der Waals surface area (Å²) in [5.74, 6) is -0.489. The molecule has 0 heterocycles. The number of amides is 1. The van der Waals surface area contributed by atoms with Crippen LogP contribution < -0.4 is 9.62 Å². The van der Waals surface area contributed by atoms with Crippen molar-refractivity contribution >= 4 is 27.3 Å². The molecule has 0 aromatic heterocycles. The monoisotopic (exact) mass is 433 g/mol. The number of non-ortho nitro benzene ring substituents is 1. The smallest absolute Gasteiger partial charge is 0.271 e. The highest BCUT2D eigenvalue weighted by atomic mass is 32.2. The molecule has 162 valence electrons. The lowest BCUT2D eigenvalue weighted by Crippen LogP contribution is -2.41. The molecule has 8 nitrogen and oxygen atoms in total. The third kappa shape index (κ3) is 5.56. The fourth-order valence-electron chi connectivity index (χ4n) is 3.13. The molecule has 2 rings (SSSR count). The third-order valence-electron chi connectivity index (χ3n) is 5.04. The van der Waals surface area contributed by atoms with Crippen LogP contribution in [0.4, 0.5) is 11.4 Å². The van der Waals surface area contributed by atoms with Gasteiger partial charge in [0.1, 0.15) is 6.54 Å². The van der Waals surface area contributed by atoms with Crippen LogP contribution in [-0.2, 0) is 14.8 Å². The maximum Gasteiger partial charge on any atom is 0.271 e. The molecular weight excluding hydrogens is 406 g/mol. The number of hydrogen-bond acceptors (Lipinski definition) is 5. The summed E-state index contributed by atoms with van der Waals surface area (Å²) in [6, 6.07) is 9.58. The van der Waals surface area contributed by atoms with Gasteiger partial charge in [-0.2, -0.15) is 0 Å². The van der Waals surface area contributed by atoms with E-state index in [9.17, 15) is 23.3 Å². The highest BCUT2D eigenvalue weighted by molar-refractivity contribution is 7.92. The number of sulfonamides is 1. The minimum Gasteiger partial charge on any atom is -0.348 e. The highest BCUT2D eigenvalue weighted by Crippen LogP contribution is 2.27. The van der Waals surface area contributed by atoms with Gasteiger partial charge in [-0.3, -0.25) is 19.2 Å². The van der Waals surface area contributed by atoms with Crippen LogP contribution in [0.2, 0.25) is 0 Å². The molecule has 1 amide bonds. The second-order valence-electron chi connectivity index (χ2n) is 7.37. The summed E-state index contributed by atoms with van der Waals surface area (Å²) in [5.41, 5.74) is 3.56. The van der Waals surface area contributed by atoms with Crippen molar-refractivity contribution in [3.05, 3.63) is 68.8 Å². The lowest BCUT2D eigenvalue weighted by Gasteiger charge is -2.25. The van der Waals surface area contributed by atoms with Crippen molar-refractivity contribution in [2.24, 2.45) is 0 Å². The predicted molar refractivity (Wildman–Crippen MR) is 117 cm³/mol. The van der Waals surface area contributed by atoms with Gasteiger partial charge >= 0.3 is 0 Å². The van der Waals surface area contributed by atoms with E-state index in [0.29, 0.717) is 12.0 Å². The summed E-state index contributed by atoms with van der Waals surface area (Å²) in [6.45, 7) is 7.09. The standard InChI is InChI=1S/C21H27N3O5S/c1-6-19(17-9-7-14(2)16(4)11-17)22-21(25)13-23(30(5,28)29)20-12-18(24(26)27)10-8-15(20)3/h7-12,19H,6,13H2,1-5H3,(H,22,25). The first-order valence-corrected chi connectivity index (χ1v) is 11.4. The Morgan fingerprint density at radius 1 is 1.10 bits per heavy atom. The molecule has 0 aliphatic rings. The predicted octanol–water partition coefficient (Wildman–Crippen LogP) is 3.55. The Kier molecular flexibility index (Phi) is 7.20. The van der Waals surface area contributed by atoms with Gasteiger partial charge in [0.25, 0.3) is 5.69 Å². The van der Waals surface area contributed by atoms with Gasteiger partial charge in [0.05, 0.1) is 22.9 Å². The second-order valence-corrected chi connectivity index (χ2v) is 9.28. The zero-order chi connectivity index (χ0) is 22.6. The van der Waals surface area contributed by atoms with Crippen molar-refractivity contribution in [1.82, 2.24) is 5.32 Å². The van der Waals surface area contributed by atoms with Crippen molar-refractivity contribution in [2.75, 3.05) is 17.1 Å². The largest absolute Gasteiger partial charge is 0.348 e. The number of benzene rings is 2. The molecule has 2 aromatic carbocycles. The lowest BCUT2D eigenvalue weighted by atomic mass is 9.99. The topological polar surface area (TPSA) is 110 Å². The van der Waals surface area contributed by atoms with Crippen molar-refractivity contribution in [1.29, 1.82) is 0 Å². The van der Waals surface area contributed by atoms with Crippen LogP contribution in [0, 0.1) is 30.9 Å². The van der Waals surface area contributed by atoms with Crippen molar-refractivity contribution < 1.29 is 18.1 Å². The molecule has 0 aliphatic heterocycles. The molecule has 0 saturated carbocycles. The molecule has 1 unspecified atom stereocenters. The summed E-state index contributed by atoms with van der Waals surface area (Å²) in [6.07, 6.45) is 1.60. The molecular formula is C21H27N3O5S. The van der Waals surface area contributed by atoms with Gasteiger partial charge in [0, 0.05) is 12.1 Å². The number of rotatable bonds is 8. The summed E-state index contributed by atoms with van der Waals surface area (Å²) >= 11 is 0. The van der Waals surface area contributed by atoms with Crippen molar-refractivity contribution in [2.45, 2.75) is 40.2 Å². The summed E-state index contributed by atoms with van der Waals surface area (Å²) in [4.78, 5) is 23.3. The first-order valence-electron chi connectivity index (χ1n) is 9.53. The third-order valence-corrected chi connectivity index (χ3v) is 6.16. The minimum atomic E-state index is -3.85. The fourth-order valence-corrected chi connectivity index (χ4v) is 4.04. The lowest BCUT2D eigenvalue weighted by molar-refractivity contribution is -0.384. The molecule has 0 radical (unpaired) electrons. The first-order chi connectivity index (χ1) is 13.9. The Bertz CT molecular complexity index is 1070. The highest BCUT2D eigenvalue weighted by Gasteiger charge is 2.25. The van der Waals surface area contributed by atoms with Gasteiger partial charge in [-0.15, -0.1) is 0 Å². The molecule has 0 saturated heterocycles. The van der Waals surface area contributed by atoms with E-state index in [1.807, 2.05) is 39.0 Å². The van der Waals surface area contributed by atoms with Gasteiger partial charge < -0.3 is 5.32 Å². The van der Waals surface area contributed by atoms with E-state index in [1.165, 1.54) is 18.2 Å². The Morgan fingerprint density at radius 2 is 1.73 bits per heavy atom. The van der Waals surface area contributed by atoms with E-state index in [0.717, 1.165) is 27.3 Å². The van der Waals surface area contributed by atoms with Crippen LogP contribution in [0.3, 0.4) is 0 Å². The maximum absolute atomic E-state index is 12.7. The van der Waals surface area contributed by atoms with Crippen LogP contribution in [0.5, 0.6) is 0 Å². The van der Waals surface area contributed by atoms with E-state index in [1.54, 1.807) is 6.92 Å². The molecule has 0 spiro atoms. The molecule has 9 heteroatoms. The van der Waals surface area contributed by atoms with E-state index in [-0.39, 0.29) is 17.4 Å². The zero-order valence-corrected chi connectivity index (χ0v) is 18.6. The number of nitro groups is 1. The maximum atomic E-state index is 12.7. The SMILES string of the molecule is CCC(NC(=O)CN(c1cc([N+](=O)[O-])ccc1C)S(C)(=O)=O)c1ccc(C)c(C)c1. The van der Waals surface area contributed by atoms with Gasteiger partial charge in [0.15, 0.2) is 0 Å². The fraction of sp³-hybridized carbons (Fsp3) is 0.381. The van der Waals surface area contributed by atoms with Gasteiger partial charge in [0.2, 0.25) is 15.9 Å². The molecule has 1 atom stereocenters.